The van der Waals surface area contributed by atoms with E-state index in [1.54, 1.807) is 11.3 Å². The Morgan fingerprint density at radius 1 is 1.18 bits per heavy atom. The Kier molecular flexibility index (Phi) is 6.02. The molecule has 1 aromatic carbocycles. The average molecular weight is 494 g/mol. The summed E-state index contributed by atoms with van der Waals surface area (Å²) in [6, 6.07) is 11.8. The van der Waals surface area contributed by atoms with Crippen LogP contribution in [0.2, 0.25) is 5.02 Å². The Hall–Kier alpha value is -3.36. The van der Waals surface area contributed by atoms with Crippen LogP contribution in [0, 0.1) is 0 Å². The first-order valence-electron chi connectivity index (χ1n) is 11.1. The number of pyridine rings is 1. The normalized spacial score (nSPS) is 13.9. The minimum absolute atomic E-state index is 0.409. The molecule has 9 heteroatoms. The molecule has 0 saturated carbocycles. The van der Waals surface area contributed by atoms with Crippen LogP contribution in [0.3, 0.4) is 0 Å². The Bertz CT molecular complexity index is 1390. The molecular weight excluding hydrogens is 470 g/mol. The van der Waals surface area contributed by atoms with Crippen LogP contribution >= 0.6 is 22.9 Å². The summed E-state index contributed by atoms with van der Waals surface area (Å²) in [5, 5.41) is 12.9. The van der Waals surface area contributed by atoms with Crippen molar-refractivity contribution in [2.45, 2.75) is 19.8 Å². The van der Waals surface area contributed by atoms with E-state index < -0.39 is 6.09 Å². The number of halogens is 1. The van der Waals surface area contributed by atoms with Crippen LogP contribution in [-0.2, 0) is 6.42 Å². The average Bonchev–Trinajstić information content (AvgIpc) is 3.49. The van der Waals surface area contributed by atoms with Crippen LogP contribution in [-0.4, -0.2) is 50.6 Å². The van der Waals surface area contributed by atoms with E-state index in [2.05, 4.69) is 33.9 Å². The van der Waals surface area contributed by atoms with Gasteiger partial charge >= 0.3 is 6.09 Å². The zero-order valence-electron chi connectivity index (χ0n) is 18.9. The van der Waals surface area contributed by atoms with Crippen LogP contribution in [0.4, 0.5) is 15.7 Å². The van der Waals surface area contributed by atoms with Crippen molar-refractivity contribution in [2.24, 2.45) is 0 Å². The van der Waals surface area contributed by atoms with Crippen molar-refractivity contribution in [3.63, 3.8) is 0 Å². The maximum absolute atomic E-state index is 11.2. The summed E-state index contributed by atoms with van der Waals surface area (Å²) in [7, 11) is 2.02. The molecule has 0 atom stereocenters. The van der Waals surface area contributed by atoms with Gasteiger partial charge in [0.1, 0.15) is 11.5 Å². The first-order chi connectivity index (χ1) is 16.4. The molecule has 1 N–H and O–H groups in total. The number of carboxylic acid groups (broad SMARTS) is 1. The highest BCUT2D eigenvalue weighted by Crippen LogP contribution is 2.34. The number of hydrogen-bond acceptors (Lipinski definition) is 5. The van der Waals surface area contributed by atoms with Crippen LogP contribution in [0.5, 0.6) is 0 Å². The predicted octanol–water partition coefficient (Wildman–Crippen LogP) is 6.21. The molecular formula is C25H24ClN5O2S. The van der Waals surface area contributed by atoms with Gasteiger partial charge in [-0.1, -0.05) is 36.7 Å². The van der Waals surface area contributed by atoms with Gasteiger partial charge in [0.15, 0.2) is 5.13 Å². The van der Waals surface area contributed by atoms with Crippen molar-refractivity contribution in [2.75, 3.05) is 25.0 Å². The number of aryl methyl sites for hydroxylation is 1. The number of hydrogen-bond donors (Lipinski definition) is 1. The maximum Gasteiger partial charge on any atom is 0.407 e. The number of fused-ring (bicyclic) bond motifs is 1. The molecule has 0 unspecified atom stereocenters. The highest BCUT2D eigenvalue weighted by molar-refractivity contribution is 7.14. The van der Waals surface area contributed by atoms with E-state index in [1.165, 1.54) is 4.90 Å². The predicted molar refractivity (Wildman–Crippen MR) is 137 cm³/mol. The quantitative estimate of drug-likeness (QED) is 0.358. The van der Waals surface area contributed by atoms with Gasteiger partial charge in [-0.15, -0.1) is 11.3 Å². The third-order valence-corrected chi connectivity index (χ3v) is 7.25. The van der Waals surface area contributed by atoms with Crippen LogP contribution < -0.4 is 4.90 Å². The summed E-state index contributed by atoms with van der Waals surface area (Å²) in [4.78, 5) is 24.5. The molecule has 34 heavy (non-hydrogen) atoms. The summed E-state index contributed by atoms with van der Waals surface area (Å²) in [6.45, 7) is 3.01. The highest BCUT2D eigenvalue weighted by atomic mass is 35.5. The highest BCUT2D eigenvalue weighted by Gasteiger charge is 2.21. The van der Waals surface area contributed by atoms with Gasteiger partial charge in [-0.25, -0.2) is 14.8 Å². The topological polar surface area (TPSA) is 74.0 Å². The summed E-state index contributed by atoms with van der Waals surface area (Å²) in [6.07, 6.45) is 4.71. The van der Waals surface area contributed by atoms with E-state index in [1.807, 2.05) is 43.5 Å². The van der Waals surface area contributed by atoms with E-state index in [0.29, 0.717) is 24.5 Å². The number of imidazole rings is 1. The zero-order chi connectivity index (χ0) is 23.8. The van der Waals surface area contributed by atoms with Gasteiger partial charge in [0, 0.05) is 42.3 Å². The van der Waals surface area contributed by atoms with E-state index in [0.717, 1.165) is 51.1 Å². The van der Waals surface area contributed by atoms with Crippen molar-refractivity contribution in [3.05, 3.63) is 70.3 Å². The van der Waals surface area contributed by atoms with Gasteiger partial charge in [-0.2, -0.15) is 0 Å². The summed E-state index contributed by atoms with van der Waals surface area (Å²) >= 11 is 7.62. The Morgan fingerprint density at radius 2 is 1.94 bits per heavy atom. The van der Waals surface area contributed by atoms with Crippen LogP contribution in [0.1, 0.15) is 24.6 Å². The number of anilines is 2. The molecule has 0 bridgehead atoms. The van der Waals surface area contributed by atoms with Gasteiger partial charge in [0.2, 0.25) is 0 Å². The molecule has 1 aliphatic heterocycles. The van der Waals surface area contributed by atoms with Crippen molar-refractivity contribution in [1.29, 1.82) is 0 Å². The molecule has 3 aromatic heterocycles. The lowest BCUT2D eigenvalue weighted by atomic mass is 10.0. The maximum atomic E-state index is 11.2. The molecule has 1 aliphatic rings. The van der Waals surface area contributed by atoms with Gasteiger partial charge in [-0.05, 0) is 48.2 Å². The SMILES string of the molecule is CCc1nc2ccc(C3=CCN(C(=O)O)CC3)cn2c1N(C)c1nc(-c2ccc(Cl)cc2)cs1. The van der Waals surface area contributed by atoms with E-state index in [-0.39, 0.29) is 0 Å². The zero-order valence-corrected chi connectivity index (χ0v) is 20.5. The van der Waals surface area contributed by atoms with Gasteiger partial charge in [-0.3, -0.25) is 4.40 Å². The molecule has 0 saturated heterocycles. The molecule has 174 valence electrons. The fourth-order valence-corrected chi connectivity index (χ4v) is 5.16. The molecule has 1 amide bonds. The fraction of sp³-hybridized carbons (Fsp3) is 0.240. The molecule has 4 heterocycles. The van der Waals surface area contributed by atoms with Gasteiger partial charge < -0.3 is 14.9 Å². The molecule has 0 aliphatic carbocycles. The number of nitrogens with zero attached hydrogens (tertiary/aromatic N) is 5. The number of amides is 1. The monoisotopic (exact) mass is 493 g/mol. The molecule has 5 rings (SSSR count). The Morgan fingerprint density at radius 3 is 2.62 bits per heavy atom. The first kappa shape index (κ1) is 22.4. The summed E-state index contributed by atoms with van der Waals surface area (Å²) < 4.78 is 2.11. The van der Waals surface area contributed by atoms with Crippen LogP contribution in [0.25, 0.3) is 22.5 Å². The standard InChI is InChI=1S/C25H24ClN5O2S/c1-3-20-23(29(2)24-28-21(15-34-24)17-4-7-19(26)8-5-17)31-14-18(6-9-22(31)27-20)16-10-12-30(13-11-16)25(32)33/h4-10,14-15H,3,11-13H2,1-2H3,(H,32,33). The second kappa shape index (κ2) is 9.12. The number of thiazole rings is 1. The minimum atomic E-state index is -0.877. The van der Waals surface area contributed by atoms with E-state index in [4.69, 9.17) is 21.6 Å². The van der Waals surface area contributed by atoms with Crippen molar-refractivity contribution < 1.29 is 9.90 Å². The van der Waals surface area contributed by atoms with Crippen molar-refractivity contribution >= 4 is 51.2 Å². The third-order valence-electron chi connectivity index (χ3n) is 6.08. The van der Waals surface area contributed by atoms with E-state index >= 15 is 0 Å². The number of aromatic nitrogens is 3. The summed E-state index contributed by atoms with van der Waals surface area (Å²) in [5.41, 5.74) is 6.04. The molecule has 7 nitrogen and oxygen atoms in total. The lowest BCUT2D eigenvalue weighted by molar-refractivity contribution is 0.150. The first-order valence-corrected chi connectivity index (χ1v) is 12.3. The summed E-state index contributed by atoms with van der Waals surface area (Å²) in [5.74, 6) is 0.986. The van der Waals surface area contributed by atoms with Crippen molar-refractivity contribution in [3.8, 4) is 11.3 Å². The lowest BCUT2D eigenvalue weighted by Gasteiger charge is -2.24. The number of benzene rings is 1. The largest absolute Gasteiger partial charge is 0.465 e. The Balaban J connectivity index is 1.51. The van der Waals surface area contributed by atoms with Gasteiger partial charge in [0.25, 0.3) is 0 Å². The smallest absolute Gasteiger partial charge is 0.407 e. The fourth-order valence-electron chi connectivity index (χ4n) is 4.23. The molecule has 0 fully saturated rings. The minimum Gasteiger partial charge on any atom is -0.465 e. The number of rotatable bonds is 5. The van der Waals surface area contributed by atoms with E-state index in [9.17, 15) is 9.90 Å². The molecule has 4 aromatic rings. The Labute approximate surface area is 206 Å². The molecule has 0 spiro atoms. The number of carbonyl (C=O) groups is 1. The molecule has 0 radical (unpaired) electrons. The van der Waals surface area contributed by atoms with Gasteiger partial charge in [0.05, 0.1) is 11.4 Å². The van der Waals surface area contributed by atoms with Crippen LogP contribution in [0.15, 0.2) is 54.1 Å². The lowest BCUT2D eigenvalue weighted by Crippen LogP contribution is -2.33. The second-order valence-corrected chi connectivity index (χ2v) is 9.44. The third kappa shape index (κ3) is 4.15. The van der Waals surface area contributed by atoms with Crippen molar-refractivity contribution in [1.82, 2.24) is 19.3 Å². The second-order valence-electron chi connectivity index (χ2n) is 8.17.